The molecule has 2 unspecified atom stereocenters. The molecule has 0 aromatic rings. The zero-order valence-electron chi connectivity index (χ0n) is 11.8. The molecule has 1 aliphatic heterocycles. The van der Waals surface area contributed by atoms with Gasteiger partial charge in [-0.25, -0.2) is 0 Å². The Hall–Kier alpha value is -0.0800. The van der Waals surface area contributed by atoms with Gasteiger partial charge in [0, 0.05) is 18.6 Å². The third-order valence-corrected chi connectivity index (χ3v) is 4.37. The number of rotatable bonds is 5. The van der Waals surface area contributed by atoms with Crippen LogP contribution in [-0.2, 0) is 0 Å². The Kier molecular flexibility index (Phi) is 5.26. The van der Waals surface area contributed by atoms with E-state index < -0.39 is 0 Å². The van der Waals surface area contributed by atoms with Gasteiger partial charge in [-0.2, -0.15) is 0 Å². The molecule has 0 saturated carbocycles. The quantitative estimate of drug-likeness (QED) is 0.775. The SMILES string of the molecule is CCC(C)N(CC)CC1NCCCC1(C)C. The minimum absolute atomic E-state index is 0.457. The zero-order valence-corrected chi connectivity index (χ0v) is 11.8. The highest BCUT2D eigenvalue weighted by atomic mass is 15.2. The lowest BCUT2D eigenvalue weighted by Crippen LogP contribution is -2.54. The van der Waals surface area contributed by atoms with Gasteiger partial charge in [-0.05, 0) is 44.7 Å². The summed E-state index contributed by atoms with van der Waals surface area (Å²) in [5.74, 6) is 0. The van der Waals surface area contributed by atoms with Crippen LogP contribution in [0.25, 0.3) is 0 Å². The van der Waals surface area contributed by atoms with Crippen LogP contribution in [0, 0.1) is 5.41 Å². The van der Waals surface area contributed by atoms with Gasteiger partial charge < -0.3 is 5.32 Å². The van der Waals surface area contributed by atoms with Gasteiger partial charge in [0.15, 0.2) is 0 Å². The summed E-state index contributed by atoms with van der Waals surface area (Å²) in [5.41, 5.74) is 0.457. The van der Waals surface area contributed by atoms with Crippen molar-refractivity contribution in [1.82, 2.24) is 10.2 Å². The van der Waals surface area contributed by atoms with Crippen LogP contribution in [0.15, 0.2) is 0 Å². The van der Waals surface area contributed by atoms with Crippen LogP contribution in [0.5, 0.6) is 0 Å². The number of hydrogen-bond donors (Lipinski definition) is 1. The van der Waals surface area contributed by atoms with Crippen molar-refractivity contribution in [3.63, 3.8) is 0 Å². The molecule has 0 aromatic carbocycles. The molecule has 1 saturated heterocycles. The fourth-order valence-electron chi connectivity index (χ4n) is 2.70. The number of piperidine rings is 1. The molecule has 0 spiro atoms. The van der Waals surface area contributed by atoms with Crippen molar-refractivity contribution in [2.45, 2.75) is 66.0 Å². The fraction of sp³-hybridized carbons (Fsp3) is 1.00. The maximum Gasteiger partial charge on any atom is 0.0246 e. The van der Waals surface area contributed by atoms with E-state index in [4.69, 9.17) is 0 Å². The van der Waals surface area contributed by atoms with Crippen molar-refractivity contribution < 1.29 is 0 Å². The fourth-order valence-corrected chi connectivity index (χ4v) is 2.70. The monoisotopic (exact) mass is 226 g/mol. The smallest absolute Gasteiger partial charge is 0.0246 e. The molecular formula is C14H30N2. The van der Waals surface area contributed by atoms with E-state index in [1.165, 1.54) is 38.9 Å². The summed E-state index contributed by atoms with van der Waals surface area (Å²) >= 11 is 0. The van der Waals surface area contributed by atoms with E-state index in [-0.39, 0.29) is 0 Å². The standard InChI is InChI=1S/C14H30N2/c1-6-12(3)16(7-2)11-13-14(4,5)9-8-10-15-13/h12-13,15H,6-11H2,1-5H3. The van der Waals surface area contributed by atoms with E-state index in [0.29, 0.717) is 17.5 Å². The van der Waals surface area contributed by atoms with E-state index in [0.717, 1.165) is 0 Å². The number of nitrogens with zero attached hydrogens (tertiary/aromatic N) is 1. The summed E-state index contributed by atoms with van der Waals surface area (Å²) < 4.78 is 0. The Morgan fingerprint density at radius 3 is 2.56 bits per heavy atom. The maximum atomic E-state index is 3.71. The zero-order chi connectivity index (χ0) is 12.2. The van der Waals surface area contributed by atoms with Gasteiger partial charge in [0.05, 0.1) is 0 Å². The van der Waals surface area contributed by atoms with Gasteiger partial charge in [0.1, 0.15) is 0 Å². The highest BCUT2D eigenvalue weighted by molar-refractivity contribution is 4.90. The predicted octanol–water partition coefficient (Wildman–Crippen LogP) is 2.89. The second-order valence-corrected chi connectivity index (χ2v) is 5.94. The highest BCUT2D eigenvalue weighted by Crippen LogP contribution is 2.30. The van der Waals surface area contributed by atoms with E-state index in [9.17, 15) is 0 Å². The second kappa shape index (κ2) is 6.02. The molecule has 2 nitrogen and oxygen atoms in total. The summed E-state index contributed by atoms with van der Waals surface area (Å²) in [7, 11) is 0. The molecule has 2 atom stereocenters. The molecule has 96 valence electrons. The summed E-state index contributed by atoms with van der Waals surface area (Å²) in [6, 6.07) is 1.37. The Labute approximate surface area is 102 Å². The molecule has 1 N–H and O–H groups in total. The van der Waals surface area contributed by atoms with Crippen LogP contribution in [0.2, 0.25) is 0 Å². The van der Waals surface area contributed by atoms with Gasteiger partial charge in [0.25, 0.3) is 0 Å². The molecule has 1 aliphatic rings. The number of nitrogens with one attached hydrogen (secondary N) is 1. The first-order chi connectivity index (χ1) is 7.51. The molecule has 0 aromatic heterocycles. The summed E-state index contributed by atoms with van der Waals surface area (Å²) in [5, 5.41) is 3.71. The van der Waals surface area contributed by atoms with Gasteiger partial charge in [-0.1, -0.05) is 27.7 Å². The number of likely N-dealkylation sites (N-methyl/N-ethyl adjacent to an activating group) is 1. The first-order valence-corrected chi connectivity index (χ1v) is 6.98. The van der Waals surface area contributed by atoms with Crippen LogP contribution < -0.4 is 5.32 Å². The first-order valence-electron chi connectivity index (χ1n) is 6.98. The van der Waals surface area contributed by atoms with E-state index in [1.54, 1.807) is 0 Å². The lowest BCUT2D eigenvalue weighted by atomic mass is 9.77. The molecular weight excluding hydrogens is 196 g/mol. The largest absolute Gasteiger partial charge is 0.312 e. The maximum absolute atomic E-state index is 3.71. The lowest BCUT2D eigenvalue weighted by Gasteiger charge is -2.43. The van der Waals surface area contributed by atoms with Gasteiger partial charge in [-0.15, -0.1) is 0 Å². The third-order valence-electron chi connectivity index (χ3n) is 4.37. The second-order valence-electron chi connectivity index (χ2n) is 5.94. The minimum atomic E-state index is 0.457. The molecule has 2 heteroatoms. The van der Waals surface area contributed by atoms with Crippen molar-refractivity contribution >= 4 is 0 Å². The molecule has 0 aliphatic carbocycles. The average Bonchev–Trinajstić information content (AvgIpc) is 2.26. The molecule has 0 radical (unpaired) electrons. The Bertz CT molecular complexity index is 201. The summed E-state index contributed by atoms with van der Waals surface area (Å²) in [4.78, 5) is 2.62. The van der Waals surface area contributed by atoms with Crippen molar-refractivity contribution in [2.75, 3.05) is 19.6 Å². The van der Waals surface area contributed by atoms with Crippen molar-refractivity contribution in [2.24, 2.45) is 5.41 Å². The molecule has 0 bridgehead atoms. The van der Waals surface area contributed by atoms with Gasteiger partial charge in [-0.3, -0.25) is 4.90 Å². The lowest BCUT2D eigenvalue weighted by molar-refractivity contribution is 0.108. The van der Waals surface area contributed by atoms with E-state index >= 15 is 0 Å². The normalized spacial score (nSPS) is 27.0. The molecule has 16 heavy (non-hydrogen) atoms. The van der Waals surface area contributed by atoms with Gasteiger partial charge >= 0.3 is 0 Å². The molecule has 1 heterocycles. The van der Waals surface area contributed by atoms with Crippen LogP contribution in [0.1, 0.15) is 53.9 Å². The van der Waals surface area contributed by atoms with Crippen molar-refractivity contribution in [3.8, 4) is 0 Å². The summed E-state index contributed by atoms with van der Waals surface area (Å²) in [6.07, 6.45) is 3.95. The van der Waals surface area contributed by atoms with Crippen molar-refractivity contribution in [3.05, 3.63) is 0 Å². The Morgan fingerprint density at radius 2 is 2.06 bits per heavy atom. The minimum Gasteiger partial charge on any atom is -0.312 e. The number of hydrogen-bond acceptors (Lipinski definition) is 2. The molecule has 1 fully saturated rings. The van der Waals surface area contributed by atoms with E-state index in [1.807, 2.05) is 0 Å². The van der Waals surface area contributed by atoms with Gasteiger partial charge in [0.2, 0.25) is 0 Å². The van der Waals surface area contributed by atoms with Crippen molar-refractivity contribution in [1.29, 1.82) is 0 Å². The topological polar surface area (TPSA) is 15.3 Å². The Morgan fingerprint density at radius 1 is 1.38 bits per heavy atom. The molecule has 1 rings (SSSR count). The van der Waals surface area contributed by atoms with Crippen LogP contribution in [-0.4, -0.2) is 36.6 Å². The first kappa shape index (κ1) is 14.0. The average molecular weight is 226 g/mol. The Balaban J connectivity index is 2.56. The molecule has 0 amide bonds. The van der Waals surface area contributed by atoms with Crippen LogP contribution in [0.3, 0.4) is 0 Å². The predicted molar refractivity (Wildman–Crippen MR) is 71.8 cm³/mol. The van der Waals surface area contributed by atoms with Crippen LogP contribution in [0.4, 0.5) is 0 Å². The summed E-state index contributed by atoms with van der Waals surface area (Å²) in [6.45, 7) is 15.3. The van der Waals surface area contributed by atoms with Crippen LogP contribution >= 0.6 is 0 Å². The van der Waals surface area contributed by atoms with E-state index in [2.05, 4.69) is 44.8 Å². The third kappa shape index (κ3) is 3.46. The highest BCUT2D eigenvalue weighted by Gasteiger charge is 2.33.